The molecule has 0 aliphatic carbocycles. The Morgan fingerprint density at radius 2 is 2.10 bits per heavy atom. The smallest absolute Gasteiger partial charge is 0.160 e. The summed E-state index contributed by atoms with van der Waals surface area (Å²) in [6, 6.07) is 5.22. The third kappa shape index (κ3) is 5.91. The lowest BCUT2D eigenvalue weighted by atomic mass is 10.1. The van der Waals surface area contributed by atoms with Gasteiger partial charge in [0.2, 0.25) is 0 Å². The van der Waals surface area contributed by atoms with Crippen LogP contribution in [0.25, 0.3) is 0 Å². The van der Waals surface area contributed by atoms with Gasteiger partial charge in [0.1, 0.15) is 0 Å². The Labute approximate surface area is 121 Å². The summed E-state index contributed by atoms with van der Waals surface area (Å²) in [7, 11) is 1.52. The molecule has 0 radical (unpaired) electrons. The molecule has 1 N–H and O–H groups in total. The van der Waals surface area contributed by atoms with Crippen molar-refractivity contribution in [2.75, 3.05) is 7.11 Å². The van der Waals surface area contributed by atoms with Gasteiger partial charge in [-0.05, 0) is 36.6 Å². The van der Waals surface area contributed by atoms with Crippen LogP contribution >= 0.6 is 0 Å². The summed E-state index contributed by atoms with van der Waals surface area (Å²) in [4.78, 5) is 11.6. The van der Waals surface area contributed by atoms with Crippen LogP contribution in [0.1, 0.15) is 44.6 Å². The third-order valence-corrected chi connectivity index (χ3v) is 3.18. The lowest BCUT2D eigenvalue weighted by Crippen LogP contribution is -1.93. The molecule has 1 rings (SSSR count). The molecule has 0 fully saturated rings. The van der Waals surface area contributed by atoms with Crippen molar-refractivity contribution in [2.24, 2.45) is 0 Å². The molecule has 0 unspecified atom stereocenters. The number of ketones is 1. The van der Waals surface area contributed by atoms with Crippen LogP contribution in [0.2, 0.25) is 0 Å². The highest BCUT2D eigenvalue weighted by Gasteiger charge is 2.01. The number of phenolic OH excluding ortho intramolecular Hbond substituents is 1. The second-order valence-corrected chi connectivity index (χ2v) is 4.89. The van der Waals surface area contributed by atoms with E-state index < -0.39 is 0 Å². The monoisotopic (exact) mass is 276 g/mol. The van der Waals surface area contributed by atoms with Crippen LogP contribution < -0.4 is 4.74 Å². The molecule has 20 heavy (non-hydrogen) atoms. The molecular weight excluding hydrogens is 252 g/mol. The Morgan fingerprint density at radius 3 is 2.80 bits per heavy atom. The van der Waals surface area contributed by atoms with Gasteiger partial charge in [-0.15, -0.1) is 0 Å². The summed E-state index contributed by atoms with van der Waals surface area (Å²) in [5, 5.41) is 9.49. The van der Waals surface area contributed by atoms with Crippen molar-refractivity contribution in [1.82, 2.24) is 0 Å². The molecule has 110 valence electrons. The summed E-state index contributed by atoms with van der Waals surface area (Å²) >= 11 is 0. The van der Waals surface area contributed by atoms with Gasteiger partial charge in [-0.2, -0.15) is 0 Å². The molecular formula is C17H24O3. The molecule has 0 atom stereocenters. The highest BCUT2D eigenvalue weighted by atomic mass is 16.5. The fraction of sp³-hybridized carbons (Fsp3) is 0.471. The molecule has 3 heteroatoms. The molecule has 0 spiro atoms. The minimum atomic E-state index is 0.132. The highest BCUT2D eigenvalue weighted by Crippen LogP contribution is 2.26. The minimum Gasteiger partial charge on any atom is -0.504 e. The largest absolute Gasteiger partial charge is 0.504 e. The molecule has 3 nitrogen and oxygen atoms in total. The van der Waals surface area contributed by atoms with E-state index in [2.05, 4.69) is 6.92 Å². The van der Waals surface area contributed by atoms with Gasteiger partial charge in [0, 0.05) is 6.42 Å². The van der Waals surface area contributed by atoms with E-state index in [1.807, 2.05) is 12.1 Å². The number of hydrogen-bond donors (Lipinski definition) is 1. The van der Waals surface area contributed by atoms with E-state index in [0.29, 0.717) is 18.6 Å². The van der Waals surface area contributed by atoms with Crippen molar-refractivity contribution >= 4 is 5.78 Å². The number of unbranched alkanes of at least 4 members (excludes halogenated alkanes) is 3. The average molecular weight is 276 g/mol. The number of benzene rings is 1. The van der Waals surface area contributed by atoms with Crippen molar-refractivity contribution in [3.05, 3.63) is 35.9 Å². The Hall–Kier alpha value is -1.77. The number of methoxy groups -OCH3 is 1. The zero-order valence-corrected chi connectivity index (χ0v) is 12.4. The summed E-state index contributed by atoms with van der Waals surface area (Å²) in [5.74, 6) is 0.779. The van der Waals surface area contributed by atoms with Crippen LogP contribution in [-0.2, 0) is 11.2 Å². The van der Waals surface area contributed by atoms with E-state index in [-0.39, 0.29) is 11.5 Å². The number of allylic oxidation sites excluding steroid dienone is 2. The van der Waals surface area contributed by atoms with Crippen molar-refractivity contribution in [3.63, 3.8) is 0 Å². The molecule has 1 aromatic carbocycles. The van der Waals surface area contributed by atoms with Crippen molar-refractivity contribution in [2.45, 2.75) is 45.4 Å². The van der Waals surface area contributed by atoms with Gasteiger partial charge in [-0.25, -0.2) is 0 Å². The number of phenols is 1. The number of ether oxygens (including phenoxy) is 1. The van der Waals surface area contributed by atoms with E-state index in [4.69, 9.17) is 4.74 Å². The Morgan fingerprint density at radius 1 is 1.30 bits per heavy atom. The normalized spacial score (nSPS) is 10.9. The SMILES string of the molecule is CCCCCCC(=O)C=CCc1ccc(O)c(OC)c1. The molecule has 0 aliphatic rings. The number of carbonyl (C=O) groups excluding carboxylic acids is 1. The Kier molecular flexibility index (Phi) is 7.48. The van der Waals surface area contributed by atoms with Gasteiger partial charge in [0.15, 0.2) is 17.3 Å². The fourth-order valence-electron chi connectivity index (χ4n) is 1.98. The standard InChI is InChI=1S/C17H24O3/c1-3-4-5-6-9-15(18)10-7-8-14-11-12-16(19)17(13-14)20-2/h7,10-13,19H,3-6,8-9H2,1-2H3. The van der Waals surface area contributed by atoms with E-state index in [1.54, 1.807) is 18.2 Å². The zero-order valence-electron chi connectivity index (χ0n) is 12.4. The first-order valence-corrected chi connectivity index (χ1v) is 7.22. The predicted octanol–water partition coefficient (Wildman–Crippen LogP) is 4.04. The molecule has 0 bridgehead atoms. The molecule has 0 amide bonds. The van der Waals surface area contributed by atoms with Crippen molar-refractivity contribution in [1.29, 1.82) is 0 Å². The lowest BCUT2D eigenvalue weighted by molar-refractivity contribution is -0.114. The van der Waals surface area contributed by atoms with Crippen molar-refractivity contribution in [3.8, 4) is 11.5 Å². The second-order valence-electron chi connectivity index (χ2n) is 4.89. The Balaban J connectivity index is 2.38. The molecule has 1 aromatic rings. The molecule has 0 heterocycles. The van der Waals surface area contributed by atoms with Gasteiger partial charge in [-0.1, -0.05) is 38.3 Å². The van der Waals surface area contributed by atoms with Crippen LogP contribution in [0.5, 0.6) is 11.5 Å². The summed E-state index contributed by atoms with van der Waals surface area (Å²) < 4.78 is 5.05. The lowest BCUT2D eigenvalue weighted by Gasteiger charge is -2.04. The number of carbonyl (C=O) groups is 1. The van der Waals surface area contributed by atoms with Crippen molar-refractivity contribution < 1.29 is 14.6 Å². The highest BCUT2D eigenvalue weighted by molar-refractivity contribution is 5.89. The Bertz CT molecular complexity index is 450. The first-order chi connectivity index (χ1) is 9.67. The van der Waals surface area contributed by atoms with Crippen LogP contribution in [0.15, 0.2) is 30.4 Å². The molecule has 0 aliphatic heterocycles. The maximum Gasteiger partial charge on any atom is 0.160 e. The number of aromatic hydroxyl groups is 1. The third-order valence-electron chi connectivity index (χ3n) is 3.18. The van der Waals surface area contributed by atoms with Gasteiger partial charge < -0.3 is 9.84 Å². The quantitative estimate of drug-likeness (QED) is 0.547. The second kappa shape index (κ2) is 9.18. The van der Waals surface area contributed by atoms with Gasteiger partial charge in [0.25, 0.3) is 0 Å². The minimum absolute atomic E-state index is 0.132. The van der Waals surface area contributed by atoms with Crippen LogP contribution in [0.4, 0.5) is 0 Å². The van der Waals surface area contributed by atoms with Crippen LogP contribution in [-0.4, -0.2) is 18.0 Å². The first-order valence-electron chi connectivity index (χ1n) is 7.22. The zero-order chi connectivity index (χ0) is 14.8. The number of rotatable bonds is 9. The van der Waals surface area contributed by atoms with Gasteiger partial charge in [0.05, 0.1) is 7.11 Å². The van der Waals surface area contributed by atoms with Crippen LogP contribution in [0, 0.1) is 0 Å². The molecule has 0 aromatic heterocycles. The summed E-state index contributed by atoms with van der Waals surface area (Å²) in [6.07, 6.45) is 9.32. The fourth-order valence-corrected chi connectivity index (χ4v) is 1.98. The number of hydrogen-bond acceptors (Lipinski definition) is 3. The van der Waals surface area contributed by atoms with Crippen LogP contribution in [0.3, 0.4) is 0 Å². The summed E-state index contributed by atoms with van der Waals surface area (Å²) in [6.45, 7) is 2.16. The van der Waals surface area contributed by atoms with E-state index >= 15 is 0 Å². The maximum atomic E-state index is 11.6. The first kappa shape index (κ1) is 16.3. The molecule has 0 saturated carbocycles. The van der Waals surface area contributed by atoms with Gasteiger partial charge >= 0.3 is 0 Å². The topological polar surface area (TPSA) is 46.5 Å². The van der Waals surface area contributed by atoms with Gasteiger partial charge in [-0.3, -0.25) is 4.79 Å². The van der Waals surface area contributed by atoms with E-state index in [9.17, 15) is 9.90 Å². The van der Waals surface area contributed by atoms with E-state index in [1.165, 1.54) is 20.0 Å². The average Bonchev–Trinajstić information content (AvgIpc) is 2.45. The maximum absolute atomic E-state index is 11.6. The van der Waals surface area contributed by atoms with E-state index in [0.717, 1.165) is 18.4 Å². The molecule has 0 saturated heterocycles. The predicted molar refractivity (Wildman–Crippen MR) is 81.3 cm³/mol. The summed E-state index contributed by atoms with van der Waals surface area (Å²) in [5.41, 5.74) is 1.01.